The smallest absolute Gasteiger partial charge is 0.332 e. The van der Waals surface area contributed by atoms with Gasteiger partial charge < -0.3 is 4.74 Å². The molecule has 1 heterocycles. The van der Waals surface area contributed by atoms with E-state index in [-0.39, 0.29) is 23.0 Å². The molecule has 0 N–H and O–H groups in total. The zero-order valence-corrected chi connectivity index (χ0v) is 16.3. The van der Waals surface area contributed by atoms with E-state index in [1.54, 1.807) is 24.0 Å². The van der Waals surface area contributed by atoms with E-state index in [1.807, 2.05) is 67.5 Å². The third kappa shape index (κ3) is 4.15. The Balaban J connectivity index is 0.000000379. The molecule has 0 unspecified atom stereocenters. The van der Waals surface area contributed by atoms with Crippen LogP contribution in [0.1, 0.15) is 12.5 Å². The van der Waals surface area contributed by atoms with E-state index in [2.05, 4.69) is 0 Å². The molecule has 1 atom stereocenters. The number of allylic oxidation sites excluding steroid dienone is 6. The number of carbonyl (C=O) groups excluding carboxylic acids is 2. The maximum absolute atomic E-state index is 12.8. The van der Waals surface area contributed by atoms with Crippen molar-refractivity contribution >= 4 is 17.6 Å². The van der Waals surface area contributed by atoms with E-state index >= 15 is 0 Å². The molecule has 0 fully saturated rings. The molecule has 1 aliphatic heterocycles. The predicted octanol–water partition coefficient (Wildman–Crippen LogP) is 3.52. The molecule has 5 heteroatoms. The number of fused-ring (bicyclic) bond motifs is 1. The minimum atomic E-state index is -1.01. The van der Waals surface area contributed by atoms with Crippen LogP contribution in [0.5, 0.6) is 0 Å². The van der Waals surface area contributed by atoms with Crippen LogP contribution in [0.25, 0.3) is 0 Å². The van der Waals surface area contributed by atoms with E-state index in [0.29, 0.717) is 12.0 Å². The predicted molar refractivity (Wildman–Crippen MR) is 102 cm³/mol. The van der Waals surface area contributed by atoms with Crippen molar-refractivity contribution in [2.45, 2.75) is 18.9 Å². The number of methoxy groups -OCH3 is 1. The van der Waals surface area contributed by atoms with Gasteiger partial charge in [-0.3, -0.25) is 9.69 Å². The number of rotatable bonds is 2. The molecular formula is C22H21FeNO3. The number of hydrogen-bond donors (Lipinski definition) is 0. The van der Waals surface area contributed by atoms with Crippen LogP contribution < -0.4 is 4.90 Å². The summed E-state index contributed by atoms with van der Waals surface area (Å²) in [5, 5.41) is 0. The molecule has 2 radical (unpaired) electrons. The SMILES string of the molecule is COC(=O)[C@]1(C)Cc2ccccc2N1C(=O)C1=C[CH]C=C1.[CH]1C=CC=C1.[Fe]. The first kappa shape index (κ1) is 20.9. The number of ether oxygens (including phenoxy) is 1. The second-order valence-corrected chi connectivity index (χ2v) is 6.35. The van der Waals surface area contributed by atoms with Gasteiger partial charge in [0.1, 0.15) is 5.54 Å². The van der Waals surface area contributed by atoms with Gasteiger partial charge in [-0.2, -0.15) is 0 Å². The topological polar surface area (TPSA) is 46.6 Å². The van der Waals surface area contributed by atoms with E-state index in [1.165, 1.54) is 7.11 Å². The quantitative estimate of drug-likeness (QED) is 0.561. The molecule has 0 bridgehead atoms. The summed E-state index contributed by atoms with van der Waals surface area (Å²) in [4.78, 5) is 26.7. The number of hydrogen-bond acceptors (Lipinski definition) is 3. The van der Waals surface area contributed by atoms with E-state index in [0.717, 1.165) is 11.3 Å². The van der Waals surface area contributed by atoms with Gasteiger partial charge in [-0.25, -0.2) is 4.79 Å². The average molecular weight is 403 g/mol. The molecule has 1 aromatic carbocycles. The number of para-hydroxylation sites is 1. The zero-order chi connectivity index (χ0) is 18.6. The molecule has 4 nitrogen and oxygen atoms in total. The van der Waals surface area contributed by atoms with E-state index in [9.17, 15) is 9.59 Å². The molecule has 27 heavy (non-hydrogen) atoms. The number of anilines is 1. The molecule has 1 aromatic rings. The fraction of sp³-hybridized carbons (Fsp3) is 0.182. The van der Waals surface area contributed by atoms with Gasteiger partial charge in [0, 0.05) is 47.6 Å². The van der Waals surface area contributed by atoms with E-state index in [4.69, 9.17) is 4.74 Å². The van der Waals surface area contributed by atoms with Gasteiger partial charge in [0.2, 0.25) is 0 Å². The Hall–Kier alpha value is -2.36. The summed E-state index contributed by atoms with van der Waals surface area (Å²) in [6, 6.07) is 7.58. The Morgan fingerprint density at radius 2 is 1.74 bits per heavy atom. The number of amides is 1. The minimum absolute atomic E-state index is 0. The molecular weight excluding hydrogens is 382 g/mol. The standard InChI is InChI=1S/C17H16NO3.C5H5.Fe/c1-17(16(20)21-2)11-13-9-5-6-10-14(13)18(17)15(19)12-7-3-4-8-12;1-2-4-5-3-1;/h3-10H,11H2,1-2H3;1-5H;/t17-;;/m0../s1. The molecule has 1 amide bonds. The van der Waals surface area contributed by atoms with Crippen LogP contribution in [-0.2, 0) is 37.8 Å². The summed E-state index contributed by atoms with van der Waals surface area (Å²) in [5.41, 5.74) is 1.32. The maximum Gasteiger partial charge on any atom is 0.332 e. The average Bonchev–Trinajstić information content (AvgIpc) is 3.41. The molecule has 0 saturated carbocycles. The molecule has 3 aliphatic rings. The molecule has 0 saturated heterocycles. The first-order chi connectivity index (χ1) is 12.6. The van der Waals surface area contributed by atoms with Crippen LogP contribution in [0.4, 0.5) is 5.69 Å². The Morgan fingerprint density at radius 1 is 1.04 bits per heavy atom. The first-order valence-electron chi connectivity index (χ1n) is 8.47. The van der Waals surface area contributed by atoms with Gasteiger partial charge in [-0.05, 0) is 18.6 Å². The summed E-state index contributed by atoms with van der Waals surface area (Å²) in [5.74, 6) is -0.587. The molecule has 140 valence electrons. The summed E-state index contributed by atoms with van der Waals surface area (Å²) in [6.45, 7) is 1.75. The second-order valence-electron chi connectivity index (χ2n) is 6.35. The Kier molecular flexibility index (Phi) is 7.00. The Bertz CT molecular complexity index is 828. The maximum atomic E-state index is 12.8. The first-order valence-corrected chi connectivity index (χ1v) is 8.47. The van der Waals surface area contributed by atoms with E-state index < -0.39 is 11.5 Å². The molecule has 2 aliphatic carbocycles. The van der Waals surface area contributed by atoms with Gasteiger partial charge in [-0.1, -0.05) is 60.7 Å². The van der Waals surface area contributed by atoms with Crippen LogP contribution in [0, 0.1) is 12.8 Å². The van der Waals surface area contributed by atoms with Crippen molar-refractivity contribution in [2.75, 3.05) is 12.0 Å². The fourth-order valence-electron chi connectivity index (χ4n) is 3.28. The van der Waals surface area contributed by atoms with Crippen molar-refractivity contribution in [3.8, 4) is 0 Å². The van der Waals surface area contributed by atoms with Crippen molar-refractivity contribution in [1.29, 1.82) is 0 Å². The minimum Gasteiger partial charge on any atom is -0.467 e. The number of benzene rings is 1. The number of carbonyl (C=O) groups is 2. The largest absolute Gasteiger partial charge is 0.467 e. The molecule has 0 spiro atoms. The van der Waals surface area contributed by atoms with Crippen molar-refractivity contribution in [3.63, 3.8) is 0 Å². The van der Waals surface area contributed by atoms with Gasteiger partial charge in [-0.15, -0.1) is 0 Å². The Labute approximate surface area is 170 Å². The second kappa shape index (κ2) is 9.03. The summed E-state index contributed by atoms with van der Waals surface area (Å²) in [7, 11) is 1.35. The van der Waals surface area contributed by atoms with Gasteiger partial charge in [0.25, 0.3) is 5.91 Å². The monoisotopic (exact) mass is 403 g/mol. The van der Waals surface area contributed by atoms with Crippen molar-refractivity contribution in [1.82, 2.24) is 0 Å². The van der Waals surface area contributed by atoms with Crippen molar-refractivity contribution in [2.24, 2.45) is 0 Å². The van der Waals surface area contributed by atoms with Crippen LogP contribution in [0.2, 0.25) is 0 Å². The van der Waals surface area contributed by atoms with Gasteiger partial charge in [0.05, 0.1) is 7.11 Å². The fourth-order valence-corrected chi connectivity index (χ4v) is 3.28. The van der Waals surface area contributed by atoms with Gasteiger partial charge in [0.15, 0.2) is 0 Å². The number of nitrogens with zero attached hydrogens (tertiary/aromatic N) is 1. The third-order valence-corrected chi connectivity index (χ3v) is 4.55. The van der Waals surface area contributed by atoms with Crippen LogP contribution >= 0.6 is 0 Å². The van der Waals surface area contributed by atoms with Crippen LogP contribution in [-0.4, -0.2) is 24.5 Å². The van der Waals surface area contributed by atoms with Crippen LogP contribution in [0.15, 0.2) is 72.4 Å². The normalized spacial score (nSPS) is 21.1. The summed E-state index contributed by atoms with van der Waals surface area (Å²) >= 11 is 0. The third-order valence-electron chi connectivity index (χ3n) is 4.55. The summed E-state index contributed by atoms with van der Waals surface area (Å²) in [6.07, 6.45) is 17.6. The van der Waals surface area contributed by atoms with Crippen molar-refractivity contribution < 1.29 is 31.4 Å². The molecule has 0 aromatic heterocycles. The van der Waals surface area contributed by atoms with Crippen molar-refractivity contribution in [3.05, 3.63) is 90.8 Å². The Morgan fingerprint density at radius 3 is 2.30 bits per heavy atom. The number of esters is 1. The van der Waals surface area contributed by atoms with Crippen LogP contribution in [0.3, 0.4) is 0 Å². The molecule has 4 rings (SSSR count). The summed E-state index contributed by atoms with van der Waals surface area (Å²) < 4.78 is 4.93. The van der Waals surface area contributed by atoms with Gasteiger partial charge >= 0.3 is 5.97 Å². The zero-order valence-electron chi connectivity index (χ0n) is 15.2.